The largest absolute Gasteiger partial charge is 0.366 e. The van der Waals surface area contributed by atoms with Crippen LogP contribution in [-0.2, 0) is 14.4 Å². The smallest absolute Gasteiger partial charge is 0.325 e. The van der Waals surface area contributed by atoms with Gasteiger partial charge in [0.1, 0.15) is 0 Å². The van der Waals surface area contributed by atoms with Gasteiger partial charge >= 0.3 is 5.97 Å². The van der Waals surface area contributed by atoms with Gasteiger partial charge in [0.25, 0.3) is 11.8 Å². The molecular weight excluding hydrogens is 639 g/mol. The van der Waals surface area contributed by atoms with Crippen molar-refractivity contribution >= 4 is 85.6 Å². The summed E-state index contributed by atoms with van der Waals surface area (Å²) in [7, 11) is 0. The van der Waals surface area contributed by atoms with E-state index in [1.165, 1.54) is 0 Å². The predicted molar refractivity (Wildman–Crippen MR) is 107 cm³/mol. The van der Waals surface area contributed by atoms with Gasteiger partial charge in [-0.05, 0) is 92.7 Å². The number of imide groups is 1. The summed E-state index contributed by atoms with van der Waals surface area (Å²) in [5, 5.41) is 0.703. The quantitative estimate of drug-likeness (QED) is 0.278. The van der Waals surface area contributed by atoms with Gasteiger partial charge in [-0.25, -0.2) is 4.79 Å². The first-order valence-corrected chi connectivity index (χ1v) is 10.4. The Hall–Kier alpha value is 0.0200. The molecule has 5 nitrogen and oxygen atoms in total. The maximum atomic E-state index is 12.5. The van der Waals surface area contributed by atoms with Crippen molar-refractivity contribution in [2.75, 3.05) is 0 Å². The van der Waals surface area contributed by atoms with Gasteiger partial charge in [0, 0.05) is 10.7 Å². The SMILES string of the molecule is O=C(ON1C(=O)C2CCCCC2C1=O)c1c(I)ccc(I)c1I. The second-order valence-corrected chi connectivity index (χ2v) is 8.97. The molecule has 0 bridgehead atoms. The Labute approximate surface area is 174 Å². The first kappa shape index (κ1) is 17.8. The van der Waals surface area contributed by atoms with Gasteiger partial charge in [0.15, 0.2) is 0 Å². The average molecular weight is 651 g/mol. The molecule has 1 saturated heterocycles. The monoisotopic (exact) mass is 651 g/mol. The summed E-state index contributed by atoms with van der Waals surface area (Å²) < 4.78 is 2.41. The molecule has 0 N–H and O–H groups in total. The molecule has 2 amide bonds. The number of halogens is 3. The van der Waals surface area contributed by atoms with E-state index in [0.717, 1.165) is 23.6 Å². The summed E-state index contributed by atoms with van der Waals surface area (Å²) in [6.07, 6.45) is 3.27. The van der Waals surface area contributed by atoms with Gasteiger partial charge in [-0.1, -0.05) is 12.8 Å². The lowest BCUT2D eigenvalue weighted by Crippen LogP contribution is -2.34. The van der Waals surface area contributed by atoms with Crippen LogP contribution in [0.25, 0.3) is 0 Å². The van der Waals surface area contributed by atoms with E-state index in [1.54, 1.807) is 0 Å². The normalized spacial score (nSPS) is 23.9. The summed E-state index contributed by atoms with van der Waals surface area (Å²) in [5.74, 6) is -2.04. The molecule has 122 valence electrons. The fraction of sp³-hybridized carbons (Fsp3) is 0.400. The van der Waals surface area contributed by atoms with Gasteiger partial charge in [-0.3, -0.25) is 9.59 Å². The van der Waals surface area contributed by atoms with Crippen molar-refractivity contribution < 1.29 is 19.2 Å². The van der Waals surface area contributed by atoms with Crippen molar-refractivity contribution in [3.05, 3.63) is 28.4 Å². The van der Waals surface area contributed by atoms with Crippen LogP contribution in [0.15, 0.2) is 12.1 Å². The van der Waals surface area contributed by atoms with E-state index in [9.17, 15) is 14.4 Å². The summed E-state index contributed by atoms with van der Waals surface area (Å²) >= 11 is 6.26. The minimum Gasteiger partial charge on any atom is -0.325 e. The minimum atomic E-state index is -0.655. The zero-order valence-corrected chi connectivity index (χ0v) is 18.3. The Morgan fingerprint density at radius 2 is 1.52 bits per heavy atom. The third-order valence-corrected chi connectivity index (χ3v) is 8.17. The van der Waals surface area contributed by atoms with E-state index in [0.29, 0.717) is 23.5 Å². The second kappa shape index (κ2) is 7.10. The topological polar surface area (TPSA) is 63.7 Å². The number of hydrogen-bond donors (Lipinski definition) is 0. The standard InChI is InChI=1S/C15H12I3NO4/c16-9-5-6-10(17)12(18)11(9)15(22)23-19-13(20)7-3-1-2-4-8(7)14(19)21/h5-8H,1-4H2. The average Bonchev–Trinajstić information content (AvgIpc) is 2.77. The Morgan fingerprint density at radius 1 is 1.00 bits per heavy atom. The van der Waals surface area contributed by atoms with Crippen LogP contribution >= 0.6 is 67.8 Å². The van der Waals surface area contributed by atoms with Crippen LogP contribution in [0.3, 0.4) is 0 Å². The molecule has 1 aromatic carbocycles. The molecule has 1 aliphatic carbocycles. The summed E-state index contributed by atoms with van der Waals surface area (Å²) in [6.45, 7) is 0. The van der Waals surface area contributed by atoms with Crippen LogP contribution in [0.1, 0.15) is 36.0 Å². The lowest BCUT2D eigenvalue weighted by atomic mass is 9.81. The van der Waals surface area contributed by atoms with Gasteiger partial charge < -0.3 is 4.84 Å². The van der Waals surface area contributed by atoms with Crippen molar-refractivity contribution in [2.24, 2.45) is 11.8 Å². The van der Waals surface area contributed by atoms with E-state index in [4.69, 9.17) is 4.84 Å². The molecule has 3 rings (SSSR count). The minimum absolute atomic E-state index is 0.321. The van der Waals surface area contributed by atoms with Gasteiger partial charge in [-0.2, -0.15) is 0 Å². The maximum absolute atomic E-state index is 12.5. The molecule has 1 saturated carbocycles. The third kappa shape index (κ3) is 3.26. The molecule has 0 spiro atoms. The zero-order valence-electron chi connectivity index (χ0n) is 11.9. The highest BCUT2D eigenvalue weighted by atomic mass is 127. The molecule has 2 unspecified atom stereocenters. The molecule has 23 heavy (non-hydrogen) atoms. The van der Waals surface area contributed by atoms with Crippen molar-refractivity contribution in [2.45, 2.75) is 25.7 Å². The molecule has 1 heterocycles. The molecule has 2 atom stereocenters. The molecule has 1 aromatic rings. The van der Waals surface area contributed by atoms with Crippen LogP contribution in [-0.4, -0.2) is 22.8 Å². The van der Waals surface area contributed by atoms with E-state index < -0.39 is 5.97 Å². The summed E-state index contributed by atoms with van der Waals surface area (Å²) in [6, 6.07) is 3.72. The summed E-state index contributed by atoms with van der Waals surface area (Å²) in [5.41, 5.74) is 0.397. The van der Waals surface area contributed by atoms with E-state index >= 15 is 0 Å². The van der Waals surface area contributed by atoms with Crippen molar-refractivity contribution in [1.82, 2.24) is 5.06 Å². The number of benzene rings is 1. The molecule has 8 heteroatoms. The Kier molecular flexibility index (Phi) is 5.50. The molecule has 2 fully saturated rings. The van der Waals surface area contributed by atoms with Gasteiger partial charge in [-0.15, -0.1) is 5.06 Å². The Bertz CT molecular complexity index is 682. The lowest BCUT2D eigenvalue weighted by molar-refractivity contribution is -0.174. The summed E-state index contributed by atoms with van der Waals surface area (Å²) in [4.78, 5) is 42.5. The van der Waals surface area contributed by atoms with Crippen molar-refractivity contribution in [3.8, 4) is 0 Å². The maximum Gasteiger partial charge on any atom is 0.366 e. The van der Waals surface area contributed by atoms with E-state index in [-0.39, 0.29) is 23.7 Å². The molecule has 2 aliphatic rings. The number of rotatable bonds is 2. The molecule has 1 aliphatic heterocycles. The fourth-order valence-corrected chi connectivity index (χ4v) is 5.39. The fourth-order valence-electron chi connectivity index (χ4n) is 3.06. The van der Waals surface area contributed by atoms with E-state index in [2.05, 4.69) is 67.8 Å². The lowest BCUT2D eigenvalue weighted by Gasteiger charge is -2.19. The van der Waals surface area contributed by atoms with Crippen LogP contribution < -0.4 is 0 Å². The first-order chi connectivity index (χ1) is 10.9. The number of carbonyl (C=O) groups is 3. The van der Waals surface area contributed by atoms with E-state index in [1.807, 2.05) is 12.1 Å². The second-order valence-electron chi connectivity index (χ2n) is 5.57. The van der Waals surface area contributed by atoms with Crippen LogP contribution in [0.4, 0.5) is 0 Å². The Balaban J connectivity index is 1.85. The molecular formula is C15H12I3NO4. The van der Waals surface area contributed by atoms with Crippen LogP contribution in [0.2, 0.25) is 0 Å². The van der Waals surface area contributed by atoms with Crippen molar-refractivity contribution in [1.29, 1.82) is 0 Å². The van der Waals surface area contributed by atoms with Crippen LogP contribution in [0, 0.1) is 22.5 Å². The van der Waals surface area contributed by atoms with Crippen LogP contribution in [0.5, 0.6) is 0 Å². The third-order valence-electron chi connectivity index (χ3n) is 4.22. The number of amides is 2. The number of carbonyl (C=O) groups excluding carboxylic acids is 3. The Morgan fingerprint density at radius 3 is 2.09 bits per heavy atom. The molecule has 0 aromatic heterocycles. The molecule has 0 radical (unpaired) electrons. The number of hydroxylamine groups is 2. The first-order valence-electron chi connectivity index (χ1n) is 7.15. The number of nitrogens with zero attached hydrogens (tertiary/aromatic N) is 1. The number of hydrogen-bond acceptors (Lipinski definition) is 4. The van der Waals surface area contributed by atoms with Crippen molar-refractivity contribution in [3.63, 3.8) is 0 Å². The van der Waals surface area contributed by atoms with Gasteiger partial charge in [0.2, 0.25) is 0 Å². The van der Waals surface area contributed by atoms with Gasteiger partial charge in [0.05, 0.1) is 17.4 Å². The number of fused-ring (bicyclic) bond motifs is 1. The highest BCUT2D eigenvalue weighted by Crippen LogP contribution is 2.38. The zero-order chi connectivity index (χ0) is 16.7. The highest BCUT2D eigenvalue weighted by Gasteiger charge is 2.50. The predicted octanol–water partition coefficient (Wildman–Crippen LogP) is 3.75. The highest BCUT2D eigenvalue weighted by molar-refractivity contribution is 14.1.